The van der Waals surface area contributed by atoms with E-state index in [1.165, 1.54) is 19.3 Å². The zero-order valence-electron chi connectivity index (χ0n) is 11.2. The third kappa shape index (κ3) is 3.72. The fraction of sp³-hybridized carbons (Fsp3) is 0.533. The number of ether oxygens (including phenoxy) is 1. The molecular formula is C15H20BrNO2. The molecule has 1 aliphatic carbocycles. The first-order valence-electron chi connectivity index (χ1n) is 6.86. The Morgan fingerprint density at radius 3 is 2.89 bits per heavy atom. The molecule has 0 spiro atoms. The summed E-state index contributed by atoms with van der Waals surface area (Å²) in [5, 5.41) is 3.02. The Bertz CT molecular complexity index is 436. The van der Waals surface area contributed by atoms with Crippen LogP contribution in [0.3, 0.4) is 0 Å². The molecule has 3 nitrogen and oxygen atoms in total. The molecule has 2 unspecified atom stereocenters. The number of rotatable bonds is 5. The molecule has 0 aliphatic heterocycles. The highest BCUT2D eigenvalue weighted by Gasteiger charge is 2.25. The first-order valence-corrected chi connectivity index (χ1v) is 7.78. The second-order valence-corrected chi connectivity index (χ2v) is 6.02. The normalized spacial score (nSPS) is 22.2. The predicted octanol–water partition coefficient (Wildman–Crippen LogP) is 3.38. The van der Waals surface area contributed by atoms with E-state index in [4.69, 9.17) is 4.74 Å². The molecule has 1 amide bonds. The molecule has 2 atom stereocenters. The Balaban J connectivity index is 1.95. The molecule has 19 heavy (non-hydrogen) atoms. The van der Waals surface area contributed by atoms with E-state index in [-0.39, 0.29) is 5.91 Å². The highest BCUT2D eigenvalue weighted by Crippen LogP contribution is 2.31. The van der Waals surface area contributed by atoms with Gasteiger partial charge in [0, 0.05) is 11.4 Å². The summed E-state index contributed by atoms with van der Waals surface area (Å²) in [6, 6.07) is 7.38. The molecule has 2 rings (SSSR count). The van der Waals surface area contributed by atoms with Gasteiger partial charge in [0.1, 0.15) is 5.75 Å². The zero-order chi connectivity index (χ0) is 13.7. The van der Waals surface area contributed by atoms with Crippen molar-refractivity contribution in [2.45, 2.75) is 31.0 Å². The highest BCUT2D eigenvalue weighted by atomic mass is 79.9. The van der Waals surface area contributed by atoms with E-state index in [2.05, 4.69) is 21.2 Å². The minimum absolute atomic E-state index is 0.0457. The number of carbonyl (C=O) groups is 1. The third-order valence-electron chi connectivity index (χ3n) is 3.52. The van der Waals surface area contributed by atoms with Crippen molar-refractivity contribution in [2.24, 2.45) is 5.92 Å². The van der Waals surface area contributed by atoms with E-state index in [0.717, 1.165) is 6.54 Å². The maximum atomic E-state index is 12.2. The van der Waals surface area contributed by atoms with Crippen LogP contribution in [0.4, 0.5) is 0 Å². The van der Waals surface area contributed by atoms with Gasteiger partial charge in [0.2, 0.25) is 0 Å². The largest absolute Gasteiger partial charge is 0.493 e. The average molecular weight is 326 g/mol. The Hall–Kier alpha value is -1.03. The first-order chi connectivity index (χ1) is 9.22. The van der Waals surface area contributed by atoms with Crippen molar-refractivity contribution < 1.29 is 9.53 Å². The van der Waals surface area contributed by atoms with Gasteiger partial charge in [-0.1, -0.05) is 34.5 Å². The predicted molar refractivity (Wildman–Crippen MR) is 80.0 cm³/mol. The van der Waals surface area contributed by atoms with E-state index < -0.39 is 0 Å². The maximum absolute atomic E-state index is 12.2. The van der Waals surface area contributed by atoms with Crippen LogP contribution in [0.25, 0.3) is 0 Å². The first kappa shape index (κ1) is 14.4. The quantitative estimate of drug-likeness (QED) is 0.843. The van der Waals surface area contributed by atoms with Gasteiger partial charge in [0.25, 0.3) is 5.91 Å². The minimum atomic E-state index is -0.0457. The lowest BCUT2D eigenvalue weighted by Crippen LogP contribution is -2.31. The standard InChI is InChI=1S/C15H20BrNO2/c1-2-19-14-9-4-3-7-12(14)15(18)17-10-11-6-5-8-13(11)16/h3-4,7,9,11,13H,2,5-6,8,10H2,1H3,(H,17,18). The number of para-hydroxylation sites is 1. The Morgan fingerprint density at radius 2 is 2.21 bits per heavy atom. The van der Waals surface area contributed by atoms with Gasteiger partial charge >= 0.3 is 0 Å². The van der Waals surface area contributed by atoms with Crippen LogP contribution < -0.4 is 10.1 Å². The summed E-state index contributed by atoms with van der Waals surface area (Å²) in [7, 11) is 0. The lowest BCUT2D eigenvalue weighted by Gasteiger charge is -2.15. The van der Waals surface area contributed by atoms with E-state index >= 15 is 0 Å². The maximum Gasteiger partial charge on any atom is 0.255 e. The van der Waals surface area contributed by atoms with Gasteiger partial charge in [0.05, 0.1) is 12.2 Å². The summed E-state index contributed by atoms with van der Waals surface area (Å²) in [6.45, 7) is 3.22. The number of halogens is 1. The molecule has 1 N–H and O–H groups in total. The van der Waals surface area contributed by atoms with Crippen molar-refractivity contribution in [3.63, 3.8) is 0 Å². The second-order valence-electron chi connectivity index (χ2n) is 4.85. The number of hydrogen-bond donors (Lipinski definition) is 1. The third-order valence-corrected chi connectivity index (χ3v) is 4.73. The van der Waals surface area contributed by atoms with Crippen LogP contribution in [0.15, 0.2) is 24.3 Å². The van der Waals surface area contributed by atoms with E-state index in [1.54, 1.807) is 6.07 Å². The van der Waals surface area contributed by atoms with E-state index in [9.17, 15) is 4.79 Å². The fourth-order valence-electron chi connectivity index (χ4n) is 2.48. The second kappa shape index (κ2) is 6.94. The van der Waals surface area contributed by atoms with Crippen LogP contribution in [0.2, 0.25) is 0 Å². The topological polar surface area (TPSA) is 38.3 Å². The average Bonchev–Trinajstić information content (AvgIpc) is 2.82. The number of nitrogens with one attached hydrogen (secondary N) is 1. The summed E-state index contributed by atoms with van der Waals surface area (Å²) in [6.07, 6.45) is 3.63. The summed E-state index contributed by atoms with van der Waals surface area (Å²) >= 11 is 3.67. The molecule has 1 fully saturated rings. The van der Waals surface area contributed by atoms with Gasteiger partial charge in [-0.15, -0.1) is 0 Å². The van der Waals surface area contributed by atoms with Crippen LogP contribution in [0, 0.1) is 5.92 Å². The number of amides is 1. The number of hydrogen-bond acceptors (Lipinski definition) is 2. The van der Waals surface area contributed by atoms with Gasteiger partial charge in [-0.05, 0) is 37.8 Å². The summed E-state index contributed by atoms with van der Waals surface area (Å²) in [4.78, 5) is 12.7. The van der Waals surface area contributed by atoms with Crippen molar-refractivity contribution in [1.82, 2.24) is 5.32 Å². The zero-order valence-corrected chi connectivity index (χ0v) is 12.8. The summed E-state index contributed by atoms with van der Waals surface area (Å²) < 4.78 is 5.48. The monoisotopic (exact) mass is 325 g/mol. The molecule has 0 bridgehead atoms. The smallest absolute Gasteiger partial charge is 0.255 e. The molecule has 0 aromatic heterocycles. The van der Waals surface area contributed by atoms with Crippen molar-refractivity contribution in [3.05, 3.63) is 29.8 Å². The lowest BCUT2D eigenvalue weighted by atomic mass is 10.1. The molecule has 1 aliphatic rings. The molecule has 1 aromatic rings. The van der Waals surface area contributed by atoms with Gasteiger partial charge in [-0.3, -0.25) is 4.79 Å². The number of benzene rings is 1. The van der Waals surface area contributed by atoms with Crippen molar-refractivity contribution in [1.29, 1.82) is 0 Å². The Kier molecular flexibility index (Phi) is 5.25. The Labute approximate surface area is 122 Å². The fourth-order valence-corrected chi connectivity index (χ4v) is 3.25. The number of alkyl halides is 1. The van der Waals surface area contributed by atoms with E-state index in [0.29, 0.717) is 28.7 Å². The molecule has 1 saturated carbocycles. The van der Waals surface area contributed by atoms with Crippen LogP contribution >= 0.6 is 15.9 Å². The van der Waals surface area contributed by atoms with Crippen molar-refractivity contribution in [3.8, 4) is 5.75 Å². The molecule has 1 aromatic carbocycles. The van der Waals surface area contributed by atoms with Gasteiger partial charge in [0.15, 0.2) is 0 Å². The van der Waals surface area contributed by atoms with E-state index in [1.807, 2.05) is 25.1 Å². The Morgan fingerprint density at radius 1 is 1.42 bits per heavy atom. The van der Waals surface area contributed by atoms with Gasteiger partial charge in [-0.2, -0.15) is 0 Å². The highest BCUT2D eigenvalue weighted by molar-refractivity contribution is 9.09. The summed E-state index contributed by atoms with van der Waals surface area (Å²) in [5.41, 5.74) is 0.619. The minimum Gasteiger partial charge on any atom is -0.493 e. The summed E-state index contributed by atoms with van der Waals surface area (Å²) in [5.74, 6) is 1.16. The van der Waals surface area contributed by atoms with Crippen LogP contribution in [-0.4, -0.2) is 23.9 Å². The molecule has 4 heteroatoms. The number of carbonyl (C=O) groups excluding carboxylic acids is 1. The van der Waals surface area contributed by atoms with Crippen molar-refractivity contribution >= 4 is 21.8 Å². The van der Waals surface area contributed by atoms with Gasteiger partial charge < -0.3 is 10.1 Å². The van der Waals surface area contributed by atoms with Crippen LogP contribution in [0.1, 0.15) is 36.5 Å². The molecule has 0 radical (unpaired) electrons. The van der Waals surface area contributed by atoms with Crippen molar-refractivity contribution in [2.75, 3.05) is 13.2 Å². The van der Waals surface area contributed by atoms with Gasteiger partial charge in [-0.25, -0.2) is 0 Å². The lowest BCUT2D eigenvalue weighted by molar-refractivity contribution is 0.0944. The SMILES string of the molecule is CCOc1ccccc1C(=O)NCC1CCCC1Br. The molecule has 0 heterocycles. The van der Waals surface area contributed by atoms with Crippen LogP contribution in [-0.2, 0) is 0 Å². The molecule has 104 valence electrons. The molecular weight excluding hydrogens is 306 g/mol. The molecule has 0 saturated heterocycles. The van der Waals surface area contributed by atoms with Crippen LogP contribution in [0.5, 0.6) is 5.75 Å².